The standard InChI is InChI=1S/C15H23N3OS/c1-12-11-20-15(16-12)18-9-5-13(6-10-18)4-8-17-7-2-3-14(17)19/h11,13H,2-10H2,1H3. The summed E-state index contributed by atoms with van der Waals surface area (Å²) in [6, 6.07) is 0. The van der Waals surface area contributed by atoms with Crippen LogP contribution in [0.2, 0.25) is 0 Å². The Morgan fingerprint density at radius 1 is 1.35 bits per heavy atom. The molecule has 2 saturated heterocycles. The van der Waals surface area contributed by atoms with Crippen LogP contribution in [-0.4, -0.2) is 42.0 Å². The first-order valence-electron chi connectivity index (χ1n) is 7.67. The van der Waals surface area contributed by atoms with Crippen molar-refractivity contribution in [3.63, 3.8) is 0 Å². The summed E-state index contributed by atoms with van der Waals surface area (Å²) < 4.78 is 0. The molecule has 110 valence electrons. The van der Waals surface area contributed by atoms with E-state index in [-0.39, 0.29) is 0 Å². The third kappa shape index (κ3) is 3.14. The molecule has 0 aliphatic carbocycles. The Bertz CT molecular complexity index is 465. The Hall–Kier alpha value is -1.10. The average Bonchev–Trinajstić information content (AvgIpc) is 3.06. The monoisotopic (exact) mass is 293 g/mol. The van der Waals surface area contributed by atoms with Crippen molar-refractivity contribution < 1.29 is 4.79 Å². The molecule has 0 saturated carbocycles. The molecular formula is C15H23N3OS. The number of carbonyl (C=O) groups is 1. The Balaban J connectivity index is 1.43. The molecule has 5 heteroatoms. The van der Waals surface area contributed by atoms with Crippen LogP contribution in [0.4, 0.5) is 5.13 Å². The summed E-state index contributed by atoms with van der Waals surface area (Å²) in [5.74, 6) is 1.14. The van der Waals surface area contributed by atoms with Gasteiger partial charge in [0.25, 0.3) is 0 Å². The van der Waals surface area contributed by atoms with E-state index >= 15 is 0 Å². The lowest BCUT2D eigenvalue weighted by Gasteiger charge is -2.32. The normalized spacial score (nSPS) is 20.9. The lowest BCUT2D eigenvalue weighted by atomic mass is 9.93. The van der Waals surface area contributed by atoms with Crippen LogP contribution in [0.5, 0.6) is 0 Å². The topological polar surface area (TPSA) is 36.4 Å². The zero-order valence-electron chi connectivity index (χ0n) is 12.2. The van der Waals surface area contributed by atoms with Gasteiger partial charge in [0.15, 0.2) is 5.13 Å². The van der Waals surface area contributed by atoms with E-state index in [1.807, 2.05) is 0 Å². The van der Waals surface area contributed by atoms with Crippen molar-refractivity contribution in [1.82, 2.24) is 9.88 Å². The van der Waals surface area contributed by atoms with Gasteiger partial charge in [0.05, 0.1) is 5.69 Å². The average molecular weight is 293 g/mol. The highest BCUT2D eigenvalue weighted by Crippen LogP contribution is 2.28. The minimum Gasteiger partial charge on any atom is -0.348 e. The highest BCUT2D eigenvalue weighted by molar-refractivity contribution is 7.13. The molecule has 0 bridgehead atoms. The summed E-state index contributed by atoms with van der Waals surface area (Å²) in [7, 11) is 0. The zero-order chi connectivity index (χ0) is 13.9. The molecule has 4 nitrogen and oxygen atoms in total. The van der Waals surface area contributed by atoms with E-state index in [0.717, 1.165) is 50.6 Å². The van der Waals surface area contributed by atoms with E-state index < -0.39 is 0 Å². The minimum absolute atomic E-state index is 0.362. The largest absolute Gasteiger partial charge is 0.348 e. The number of piperidine rings is 1. The van der Waals surface area contributed by atoms with Gasteiger partial charge in [-0.3, -0.25) is 4.79 Å². The molecule has 1 aromatic heterocycles. The molecule has 20 heavy (non-hydrogen) atoms. The Labute approximate surface area is 124 Å². The number of hydrogen-bond acceptors (Lipinski definition) is 4. The second-order valence-corrected chi connectivity index (χ2v) is 6.81. The Morgan fingerprint density at radius 2 is 2.15 bits per heavy atom. The van der Waals surface area contributed by atoms with Gasteiger partial charge in [0, 0.05) is 38.0 Å². The predicted molar refractivity (Wildman–Crippen MR) is 82.2 cm³/mol. The summed E-state index contributed by atoms with van der Waals surface area (Å²) in [6.07, 6.45) is 5.47. The van der Waals surface area contributed by atoms with E-state index in [4.69, 9.17) is 0 Å². The summed E-state index contributed by atoms with van der Waals surface area (Å²) in [5.41, 5.74) is 1.12. The second-order valence-electron chi connectivity index (χ2n) is 5.97. The molecule has 0 spiro atoms. The van der Waals surface area contributed by atoms with Gasteiger partial charge in [-0.25, -0.2) is 4.98 Å². The third-order valence-electron chi connectivity index (χ3n) is 4.47. The number of likely N-dealkylation sites (tertiary alicyclic amines) is 1. The molecule has 2 aliphatic rings. The van der Waals surface area contributed by atoms with Crippen LogP contribution in [0.15, 0.2) is 5.38 Å². The Kier molecular flexibility index (Phi) is 4.24. The number of carbonyl (C=O) groups excluding carboxylic acids is 1. The lowest BCUT2D eigenvalue weighted by molar-refractivity contribution is -0.127. The van der Waals surface area contributed by atoms with Crippen molar-refractivity contribution in [2.24, 2.45) is 5.92 Å². The molecule has 0 aromatic carbocycles. The molecule has 3 heterocycles. The number of anilines is 1. The Morgan fingerprint density at radius 3 is 2.75 bits per heavy atom. The van der Waals surface area contributed by atoms with Gasteiger partial charge >= 0.3 is 0 Å². The van der Waals surface area contributed by atoms with Gasteiger partial charge in [0.1, 0.15) is 0 Å². The predicted octanol–water partition coefficient (Wildman–Crippen LogP) is 2.68. The highest BCUT2D eigenvalue weighted by atomic mass is 32.1. The van der Waals surface area contributed by atoms with Gasteiger partial charge in [-0.1, -0.05) is 0 Å². The molecule has 1 amide bonds. The first-order chi connectivity index (χ1) is 9.72. The molecule has 3 rings (SSSR count). The number of thiazole rings is 1. The zero-order valence-corrected chi connectivity index (χ0v) is 13.0. The third-order valence-corrected chi connectivity index (χ3v) is 5.49. The number of hydrogen-bond donors (Lipinski definition) is 0. The van der Waals surface area contributed by atoms with Crippen molar-refractivity contribution in [2.45, 2.75) is 39.0 Å². The highest BCUT2D eigenvalue weighted by Gasteiger charge is 2.24. The van der Waals surface area contributed by atoms with Gasteiger partial charge in [-0.15, -0.1) is 11.3 Å². The number of rotatable bonds is 4. The molecule has 0 N–H and O–H groups in total. The van der Waals surface area contributed by atoms with E-state index in [2.05, 4.69) is 27.1 Å². The first-order valence-corrected chi connectivity index (χ1v) is 8.55. The maximum Gasteiger partial charge on any atom is 0.222 e. The fourth-order valence-corrected chi connectivity index (χ4v) is 4.04. The number of aryl methyl sites for hydroxylation is 1. The van der Waals surface area contributed by atoms with Crippen LogP contribution in [0.3, 0.4) is 0 Å². The van der Waals surface area contributed by atoms with Crippen LogP contribution < -0.4 is 4.90 Å². The molecule has 2 fully saturated rings. The number of nitrogens with zero attached hydrogens (tertiary/aromatic N) is 3. The summed E-state index contributed by atoms with van der Waals surface area (Å²) in [6.45, 7) is 6.24. The van der Waals surface area contributed by atoms with E-state index in [1.165, 1.54) is 24.4 Å². The van der Waals surface area contributed by atoms with E-state index in [9.17, 15) is 4.79 Å². The molecule has 0 atom stereocenters. The molecule has 0 radical (unpaired) electrons. The number of amides is 1. The van der Waals surface area contributed by atoms with Crippen molar-refractivity contribution in [2.75, 3.05) is 31.1 Å². The van der Waals surface area contributed by atoms with Crippen LogP contribution in [0.1, 0.15) is 37.8 Å². The molecule has 1 aromatic rings. The SMILES string of the molecule is Cc1csc(N2CCC(CCN3CCCC3=O)CC2)n1. The van der Waals surface area contributed by atoms with Crippen LogP contribution in [0, 0.1) is 12.8 Å². The first kappa shape index (κ1) is 13.9. The van der Waals surface area contributed by atoms with Gasteiger partial charge in [0.2, 0.25) is 5.91 Å². The van der Waals surface area contributed by atoms with Crippen LogP contribution in [0.25, 0.3) is 0 Å². The van der Waals surface area contributed by atoms with Crippen molar-refractivity contribution >= 4 is 22.4 Å². The van der Waals surface area contributed by atoms with Crippen LogP contribution in [-0.2, 0) is 4.79 Å². The van der Waals surface area contributed by atoms with Gasteiger partial charge in [-0.05, 0) is 38.5 Å². The van der Waals surface area contributed by atoms with Gasteiger partial charge < -0.3 is 9.80 Å². The van der Waals surface area contributed by atoms with Gasteiger partial charge in [-0.2, -0.15) is 0 Å². The molecule has 0 unspecified atom stereocenters. The van der Waals surface area contributed by atoms with Crippen molar-refractivity contribution in [3.8, 4) is 0 Å². The van der Waals surface area contributed by atoms with Crippen molar-refractivity contribution in [1.29, 1.82) is 0 Å². The fourth-order valence-electron chi connectivity index (χ4n) is 3.18. The molecular weight excluding hydrogens is 270 g/mol. The van der Waals surface area contributed by atoms with E-state index in [0.29, 0.717) is 5.91 Å². The maximum atomic E-state index is 11.6. The quantitative estimate of drug-likeness (QED) is 0.856. The van der Waals surface area contributed by atoms with E-state index in [1.54, 1.807) is 11.3 Å². The minimum atomic E-state index is 0.362. The molecule has 2 aliphatic heterocycles. The second kappa shape index (κ2) is 6.12. The van der Waals surface area contributed by atoms with Crippen LogP contribution >= 0.6 is 11.3 Å². The lowest BCUT2D eigenvalue weighted by Crippen LogP contribution is -2.35. The fraction of sp³-hybridized carbons (Fsp3) is 0.733. The van der Waals surface area contributed by atoms with Crippen molar-refractivity contribution in [3.05, 3.63) is 11.1 Å². The number of aromatic nitrogens is 1. The maximum absolute atomic E-state index is 11.6. The summed E-state index contributed by atoms with van der Waals surface area (Å²) in [4.78, 5) is 20.6. The summed E-state index contributed by atoms with van der Waals surface area (Å²) in [5, 5.41) is 3.30. The summed E-state index contributed by atoms with van der Waals surface area (Å²) >= 11 is 1.75. The smallest absolute Gasteiger partial charge is 0.222 e.